The molecule has 2 rings (SSSR count). The molecule has 1 aromatic rings. The molecule has 0 atom stereocenters. The highest BCUT2D eigenvalue weighted by Gasteiger charge is 2.31. The van der Waals surface area contributed by atoms with Crippen LogP contribution >= 0.6 is 12.6 Å². The van der Waals surface area contributed by atoms with E-state index in [4.69, 9.17) is 0 Å². The number of rotatable bonds is 3. The minimum atomic E-state index is -4.27. The van der Waals surface area contributed by atoms with Crippen LogP contribution in [0.15, 0.2) is 24.3 Å². The summed E-state index contributed by atoms with van der Waals surface area (Å²) in [5.74, 6) is 0.809. The fourth-order valence-electron chi connectivity index (χ4n) is 2.25. The van der Waals surface area contributed by atoms with Crippen LogP contribution in [0.3, 0.4) is 0 Å². The lowest BCUT2D eigenvalue weighted by atomic mass is 10.1. The first kappa shape index (κ1) is 14.5. The number of piperazine rings is 1. The van der Waals surface area contributed by atoms with E-state index in [1.165, 1.54) is 12.1 Å². The minimum Gasteiger partial charge on any atom is -0.369 e. The van der Waals surface area contributed by atoms with E-state index in [1.807, 2.05) is 4.90 Å². The highest BCUT2D eigenvalue weighted by molar-refractivity contribution is 7.80. The van der Waals surface area contributed by atoms with Gasteiger partial charge in [0, 0.05) is 44.2 Å². The summed E-state index contributed by atoms with van der Waals surface area (Å²) in [6, 6.07) is 5.55. The zero-order valence-electron chi connectivity index (χ0n) is 10.5. The quantitative estimate of drug-likeness (QED) is 0.855. The van der Waals surface area contributed by atoms with Gasteiger partial charge in [-0.25, -0.2) is 0 Å². The molecule has 0 amide bonds. The molecule has 1 aromatic carbocycles. The molecule has 0 bridgehead atoms. The van der Waals surface area contributed by atoms with Gasteiger partial charge in [0.05, 0.1) is 5.56 Å². The fourth-order valence-corrected chi connectivity index (χ4v) is 2.53. The Morgan fingerprint density at radius 2 is 1.79 bits per heavy atom. The van der Waals surface area contributed by atoms with Crippen LogP contribution in [0.5, 0.6) is 0 Å². The molecular formula is C13H17F3N2S. The van der Waals surface area contributed by atoms with Crippen LogP contribution in [-0.2, 0) is 6.18 Å². The number of hydrogen-bond donors (Lipinski definition) is 1. The van der Waals surface area contributed by atoms with E-state index in [-0.39, 0.29) is 0 Å². The summed E-state index contributed by atoms with van der Waals surface area (Å²) in [6.45, 7) is 4.19. The van der Waals surface area contributed by atoms with Crippen molar-refractivity contribution in [2.24, 2.45) is 0 Å². The van der Waals surface area contributed by atoms with Crippen LogP contribution in [0, 0.1) is 0 Å². The molecule has 0 aromatic heterocycles. The Labute approximate surface area is 116 Å². The minimum absolute atomic E-state index is 0.581. The summed E-state index contributed by atoms with van der Waals surface area (Å²) < 4.78 is 38.0. The summed E-state index contributed by atoms with van der Waals surface area (Å²) in [6.07, 6.45) is -4.27. The predicted molar refractivity (Wildman–Crippen MR) is 74.0 cm³/mol. The maximum atomic E-state index is 12.7. The molecule has 19 heavy (non-hydrogen) atoms. The smallest absolute Gasteiger partial charge is 0.369 e. The topological polar surface area (TPSA) is 6.48 Å². The molecule has 0 radical (unpaired) electrons. The average Bonchev–Trinajstić information content (AvgIpc) is 2.39. The number of anilines is 1. The van der Waals surface area contributed by atoms with Crippen LogP contribution in [0.25, 0.3) is 0 Å². The average molecular weight is 290 g/mol. The number of halogens is 3. The van der Waals surface area contributed by atoms with Gasteiger partial charge in [0.25, 0.3) is 0 Å². The van der Waals surface area contributed by atoms with Crippen molar-refractivity contribution in [2.45, 2.75) is 6.18 Å². The van der Waals surface area contributed by atoms with Gasteiger partial charge in [-0.3, -0.25) is 4.90 Å². The molecule has 0 unspecified atom stereocenters. The van der Waals surface area contributed by atoms with Gasteiger partial charge in [0.1, 0.15) is 0 Å². The van der Waals surface area contributed by atoms with Gasteiger partial charge in [-0.2, -0.15) is 25.8 Å². The van der Waals surface area contributed by atoms with Crippen LogP contribution in [0.1, 0.15) is 5.56 Å². The SMILES string of the molecule is FC(F)(F)c1cccc(N2CCN(CCS)CC2)c1. The molecule has 0 N–H and O–H groups in total. The number of thiol groups is 1. The van der Waals surface area contributed by atoms with Crippen molar-refractivity contribution in [1.29, 1.82) is 0 Å². The van der Waals surface area contributed by atoms with Crippen LogP contribution in [-0.4, -0.2) is 43.4 Å². The van der Waals surface area contributed by atoms with Crippen molar-refractivity contribution in [1.82, 2.24) is 4.90 Å². The summed E-state index contributed by atoms with van der Waals surface area (Å²) in [7, 11) is 0. The van der Waals surface area contributed by atoms with E-state index in [1.54, 1.807) is 6.07 Å². The van der Waals surface area contributed by atoms with Gasteiger partial charge < -0.3 is 4.90 Å². The van der Waals surface area contributed by atoms with Crippen molar-refractivity contribution in [3.05, 3.63) is 29.8 Å². The predicted octanol–water partition coefficient (Wildman–Crippen LogP) is 2.76. The third-order valence-electron chi connectivity index (χ3n) is 3.33. The molecule has 0 spiro atoms. The normalized spacial score (nSPS) is 17.8. The van der Waals surface area contributed by atoms with E-state index in [0.717, 1.165) is 44.5 Å². The number of hydrogen-bond acceptors (Lipinski definition) is 3. The van der Waals surface area contributed by atoms with E-state index in [0.29, 0.717) is 5.69 Å². The van der Waals surface area contributed by atoms with Crippen molar-refractivity contribution in [2.75, 3.05) is 43.4 Å². The van der Waals surface area contributed by atoms with E-state index >= 15 is 0 Å². The molecule has 1 saturated heterocycles. The van der Waals surface area contributed by atoms with Gasteiger partial charge in [-0.15, -0.1) is 0 Å². The summed E-state index contributed by atoms with van der Waals surface area (Å²) in [5.41, 5.74) is 0.0723. The molecule has 0 aliphatic carbocycles. The zero-order valence-corrected chi connectivity index (χ0v) is 11.4. The number of benzene rings is 1. The second-order valence-corrected chi connectivity index (χ2v) is 5.05. The third kappa shape index (κ3) is 3.79. The van der Waals surface area contributed by atoms with E-state index < -0.39 is 11.7 Å². The van der Waals surface area contributed by atoms with Crippen molar-refractivity contribution in [3.8, 4) is 0 Å². The van der Waals surface area contributed by atoms with Crippen LogP contribution < -0.4 is 4.90 Å². The summed E-state index contributed by atoms with van der Waals surface area (Å²) in [4.78, 5) is 4.28. The number of alkyl halides is 3. The Hall–Kier alpha value is -0.880. The molecule has 2 nitrogen and oxygen atoms in total. The highest BCUT2D eigenvalue weighted by atomic mass is 32.1. The fraction of sp³-hybridized carbons (Fsp3) is 0.538. The van der Waals surface area contributed by atoms with Crippen LogP contribution in [0.2, 0.25) is 0 Å². The molecule has 1 fully saturated rings. The van der Waals surface area contributed by atoms with Gasteiger partial charge >= 0.3 is 6.18 Å². The van der Waals surface area contributed by atoms with Crippen molar-refractivity contribution >= 4 is 18.3 Å². The maximum absolute atomic E-state index is 12.7. The summed E-state index contributed by atoms with van der Waals surface area (Å²) in [5, 5.41) is 0. The molecule has 0 saturated carbocycles. The van der Waals surface area contributed by atoms with Crippen molar-refractivity contribution < 1.29 is 13.2 Å². The number of nitrogens with zero attached hydrogens (tertiary/aromatic N) is 2. The zero-order chi connectivity index (χ0) is 13.9. The molecule has 1 aliphatic heterocycles. The first-order valence-electron chi connectivity index (χ1n) is 6.26. The highest BCUT2D eigenvalue weighted by Crippen LogP contribution is 2.31. The lowest BCUT2D eigenvalue weighted by molar-refractivity contribution is -0.137. The van der Waals surface area contributed by atoms with Gasteiger partial charge in [-0.05, 0) is 18.2 Å². The Morgan fingerprint density at radius 3 is 2.37 bits per heavy atom. The second kappa shape index (κ2) is 6.05. The lowest BCUT2D eigenvalue weighted by Crippen LogP contribution is -2.47. The molecular weight excluding hydrogens is 273 g/mol. The molecule has 1 heterocycles. The van der Waals surface area contributed by atoms with Gasteiger partial charge in [0.15, 0.2) is 0 Å². The monoisotopic (exact) mass is 290 g/mol. The lowest BCUT2D eigenvalue weighted by Gasteiger charge is -2.36. The van der Waals surface area contributed by atoms with E-state index in [2.05, 4.69) is 17.5 Å². The Bertz CT molecular complexity index is 415. The molecule has 106 valence electrons. The molecule has 6 heteroatoms. The Balaban J connectivity index is 2.03. The second-order valence-electron chi connectivity index (χ2n) is 4.60. The molecule has 1 aliphatic rings. The first-order chi connectivity index (χ1) is 9.00. The Morgan fingerprint density at radius 1 is 1.11 bits per heavy atom. The standard InChI is InChI=1S/C13H17F3N2S/c14-13(15,16)11-2-1-3-12(10-11)18-6-4-17(5-7-18)8-9-19/h1-3,10,19H,4-9H2. The summed E-state index contributed by atoms with van der Waals surface area (Å²) >= 11 is 4.19. The van der Waals surface area contributed by atoms with Crippen molar-refractivity contribution in [3.63, 3.8) is 0 Å². The van der Waals surface area contributed by atoms with Crippen LogP contribution in [0.4, 0.5) is 18.9 Å². The maximum Gasteiger partial charge on any atom is 0.416 e. The first-order valence-corrected chi connectivity index (χ1v) is 6.89. The largest absolute Gasteiger partial charge is 0.416 e. The van der Waals surface area contributed by atoms with Gasteiger partial charge in [0.2, 0.25) is 0 Å². The van der Waals surface area contributed by atoms with Gasteiger partial charge in [-0.1, -0.05) is 6.07 Å². The third-order valence-corrected chi connectivity index (χ3v) is 3.53. The van der Waals surface area contributed by atoms with E-state index in [9.17, 15) is 13.2 Å². The Kier molecular flexibility index (Phi) is 4.62.